The molecule has 1 aromatic carbocycles. The average molecular weight is 358 g/mol. The Balaban J connectivity index is 0.000000541. The van der Waals surface area contributed by atoms with Crippen molar-refractivity contribution in [2.45, 2.75) is 59.3 Å². The second-order valence-corrected chi connectivity index (χ2v) is 5.95. The Kier molecular flexibility index (Phi) is 11.1. The SMILES string of the molecule is CCCCC(CC)CCC.N#Cc1c(C(=O)O)ccc(C(=O)O)c1C#N. The van der Waals surface area contributed by atoms with Crippen molar-refractivity contribution < 1.29 is 19.8 Å². The van der Waals surface area contributed by atoms with E-state index in [2.05, 4.69) is 20.8 Å². The Labute approximate surface area is 154 Å². The maximum absolute atomic E-state index is 10.7. The maximum atomic E-state index is 10.7. The van der Waals surface area contributed by atoms with Crippen molar-refractivity contribution in [2.75, 3.05) is 0 Å². The van der Waals surface area contributed by atoms with Gasteiger partial charge in [-0.25, -0.2) is 9.59 Å². The quantitative estimate of drug-likeness (QED) is 0.686. The summed E-state index contributed by atoms with van der Waals surface area (Å²) >= 11 is 0. The van der Waals surface area contributed by atoms with E-state index in [0.29, 0.717) is 0 Å². The Hall–Kier alpha value is -2.86. The van der Waals surface area contributed by atoms with Gasteiger partial charge in [0.25, 0.3) is 0 Å². The lowest BCUT2D eigenvalue weighted by Crippen LogP contribution is -2.08. The third-order valence-electron chi connectivity index (χ3n) is 4.13. The first-order valence-electron chi connectivity index (χ1n) is 8.81. The van der Waals surface area contributed by atoms with Gasteiger partial charge in [0, 0.05) is 0 Å². The number of carboxylic acids is 2. The third-order valence-corrected chi connectivity index (χ3v) is 4.13. The van der Waals surface area contributed by atoms with Crippen LogP contribution in [0.3, 0.4) is 0 Å². The van der Waals surface area contributed by atoms with Crippen molar-refractivity contribution in [2.24, 2.45) is 5.92 Å². The molecule has 0 radical (unpaired) electrons. The molecule has 26 heavy (non-hydrogen) atoms. The summed E-state index contributed by atoms with van der Waals surface area (Å²) < 4.78 is 0. The highest BCUT2D eigenvalue weighted by Crippen LogP contribution is 2.19. The van der Waals surface area contributed by atoms with Crippen LogP contribution in [-0.4, -0.2) is 22.2 Å². The molecule has 0 aromatic heterocycles. The van der Waals surface area contributed by atoms with Crippen LogP contribution in [0.4, 0.5) is 0 Å². The van der Waals surface area contributed by atoms with Crippen molar-refractivity contribution in [3.8, 4) is 12.1 Å². The topological polar surface area (TPSA) is 122 Å². The highest BCUT2D eigenvalue weighted by atomic mass is 16.4. The molecule has 0 amide bonds. The molecule has 6 heteroatoms. The van der Waals surface area contributed by atoms with E-state index < -0.39 is 23.1 Å². The minimum absolute atomic E-state index is 0.385. The van der Waals surface area contributed by atoms with Gasteiger partial charge in [0.05, 0.1) is 22.3 Å². The molecule has 1 aromatic rings. The Bertz CT molecular complexity index is 648. The van der Waals surface area contributed by atoms with E-state index in [1.165, 1.54) is 50.7 Å². The zero-order valence-electron chi connectivity index (χ0n) is 15.6. The number of carbonyl (C=O) groups is 2. The molecular weight excluding hydrogens is 332 g/mol. The first-order valence-corrected chi connectivity index (χ1v) is 8.81. The van der Waals surface area contributed by atoms with Gasteiger partial charge in [-0.05, 0) is 18.1 Å². The Morgan fingerprint density at radius 3 is 1.65 bits per heavy atom. The summed E-state index contributed by atoms with van der Waals surface area (Å²) in [6, 6.07) is 5.03. The standard InChI is InChI=1S/C10H4N2O4.C10H22/c11-3-7-5(9(13)14)1-2-6(10(15)16)8(7)4-12;1-4-7-9-10(6-3)8-5-2/h1-2H,(H,13,14)(H,15,16);10H,4-9H2,1-3H3. The lowest BCUT2D eigenvalue weighted by atomic mass is 9.95. The average Bonchev–Trinajstić information content (AvgIpc) is 2.63. The number of aromatic carboxylic acids is 2. The number of hydrogen-bond donors (Lipinski definition) is 2. The van der Waals surface area contributed by atoms with Crippen LogP contribution < -0.4 is 0 Å². The minimum Gasteiger partial charge on any atom is -0.478 e. The monoisotopic (exact) mass is 358 g/mol. The number of hydrogen-bond acceptors (Lipinski definition) is 4. The summed E-state index contributed by atoms with van der Waals surface area (Å²) in [5.74, 6) is -1.75. The Morgan fingerprint density at radius 2 is 1.38 bits per heavy atom. The molecule has 0 aliphatic heterocycles. The van der Waals surface area contributed by atoms with Gasteiger partial charge in [-0.1, -0.05) is 59.3 Å². The molecule has 0 bridgehead atoms. The molecule has 140 valence electrons. The number of unbranched alkanes of at least 4 members (excludes halogenated alkanes) is 1. The van der Waals surface area contributed by atoms with Crippen LogP contribution in [0.1, 0.15) is 91.1 Å². The van der Waals surface area contributed by atoms with Crippen LogP contribution >= 0.6 is 0 Å². The number of nitriles is 2. The summed E-state index contributed by atoms with van der Waals surface area (Å²) in [5, 5.41) is 34.9. The molecule has 0 fully saturated rings. The second kappa shape index (κ2) is 12.5. The van der Waals surface area contributed by atoms with Crippen LogP contribution in [0.5, 0.6) is 0 Å². The van der Waals surface area contributed by atoms with Crippen LogP contribution in [0.25, 0.3) is 0 Å². The molecule has 1 rings (SSSR count). The van der Waals surface area contributed by atoms with Gasteiger partial charge in [0.15, 0.2) is 0 Å². The van der Waals surface area contributed by atoms with Gasteiger partial charge in [0.2, 0.25) is 0 Å². The first kappa shape index (κ1) is 23.1. The van der Waals surface area contributed by atoms with Gasteiger partial charge in [-0.3, -0.25) is 0 Å². The number of nitrogens with zero attached hydrogens (tertiary/aromatic N) is 2. The normalized spacial score (nSPS) is 10.7. The van der Waals surface area contributed by atoms with E-state index in [0.717, 1.165) is 18.1 Å². The second-order valence-electron chi connectivity index (χ2n) is 5.95. The van der Waals surface area contributed by atoms with Crippen LogP contribution in [0.2, 0.25) is 0 Å². The van der Waals surface area contributed by atoms with Crippen molar-refractivity contribution in [1.82, 2.24) is 0 Å². The largest absolute Gasteiger partial charge is 0.478 e. The third kappa shape index (κ3) is 6.94. The first-order chi connectivity index (χ1) is 12.4. The molecule has 2 N–H and O–H groups in total. The molecule has 6 nitrogen and oxygen atoms in total. The van der Waals surface area contributed by atoms with Gasteiger partial charge >= 0.3 is 11.9 Å². The molecule has 0 aliphatic rings. The van der Waals surface area contributed by atoms with Crippen molar-refractivity contribution >= 4 is 11.9 Å². The predicted molar refractivity (Wildman–Crippen MR) is 98.0 cm³/mol. The van der Waals surface area contributed by atoms with Crippen molar-refractivity contribution in [3.05, 3.63) is 34.4 Å². The van der Waals surface area contributed by atoms with Gasteiger partial charge in [-0.15, -0.1) is 0 Å². The van der Waals surface area contributed by atoms with E-state index in [1.54, 1.807) is 0 Å². The van der Waals surface area contributed by atoms with Crippen molar-refractivity contribution in [1.29, 1.82) is 10.5 Å². The van der Waals surface area contributed by atoms with E-state index >= 15 is 0 Å². The maximum Gasteiger partial charge on any atom is 0.337 e. The highest BCUT2D eigenvalue weighted by molar-refractivity contribution is 5.97. The fourth-order valence-electron chi connectivity index (χ4n) is 2.65. The molecule has 1 atom stereocenters. The van der Waals surface area contributed by atoms with Crippen LogP contribution in [-0.2, 0) is 0 Å². The minimum atomic E-state index is -1.38. The fourth-order valence-corrected chi connectivity index (χ4v) is 2.65. The highest BCUT2D eigenvalue weighted by Gasteiger charge is 2.20. The zero-order chi connectivity index (χ0) is 20.1. The molecule has 0 aliphatic carbocycles. The molecule has 0 saturated carbocycles. The van der Waals surface area contributed by atoms with Crippen LogP contribution in [0.15, 0.2) is 12.1 Å². The molecule has 0 heterocycles. The van der Waals surface area contributed by atoms with E-state index in [9.17, 15) is 9.59 Å². The molecule has 1 unspecified atom stereocenters. The fraction of sp³-hybridized carbons (Fsp3) is 0.500. The summed E-state index contributed by atoms with van der Waals surface area (Å²) in [6.07, 6.45) is 8.44. The Morgan fingerprint density at radius 1 is 0.923 bits per heavy atom. The number of carboxylic acid groups (broad SMARTS) is 2. The van der Waals surface area contributed by atoms with Gasteiger partial charge in [-0.2, -0.15) is 10.5 Å². The van der Waals surface area contributed by atoms with Gasteiger partial charge in [0.1, 0.15) is 12.1 Å². The number of benzene rings is 1. The zero-order valence-corrected chi connectivity index (χ0v) is 15.6. The summed E-state index contributed by atoms with van der Waals surface area (Å²) in [4.78, 5) is 21.4. The predicted octanol–water partition coefficient (Wildman–Crippen LogP) is 4.83. The smallest absolute Gasteiger partial charge is 0.337 e. The molecule has 0 spiro atoms. The lowest BCUT2D eigenvalue weighted by molar-refractivity contribution is 0.0680. The summed E-state index contributed by atoms with van der Waals surface area (Å²) in [6.45, 7) is 6.88. The summed E-state index contributed by atoms with van der Waals surface area (Å²) in [5.41, 5.74) is -1.64. The van der Waals surface area contributed by atoms with E-state index in [-0.39, 0.29) is 11.1 Å². The summed E-state index contributed by atoms with van der Waals surface area (Å²) in [7, 11) is 0. The van der Waals surface area contributed by atoms with E-state index in [1.807, 2.05) is 0 Å². The molecule has 0 saturated heterocycles. The van der Waals surface area contributed by atoms with Crippen LogP contribution in [0, 0.1) is 28.6 Å². The van der Waals surface area contributed by atoms with Gasteiger partial charge < -0.3 is 10.2 Å². The number of rotatable bonds is 8. The van der Waals surface area contributed by atoms with Crippen molar-refractivity contribution in [3.63, 3.8) is 0 Å². The lowest BCUT2D eigenvalue weighted by Gasteiger charge is -2.11. The van der Waals surface area contributed by atoms with E-state index in [4.69, 9.17) is 20.7 Å². The molecular formula is C20H26N2O4.